The lowest BCUT2D eigenvalue weighted by molar-refractivity contribution is -0.123. The van der Waals surface area contributed by atoms with Crippen molar-refractivity contribution >= 4 is 30.0 Å². The number of hydrogen-bond donors (Lipinski definition) is 2. The summed E-state index contributed by atoms with van der Waals surface area (Å²) in [6, 6.07) is 11.6. The molecule has 1 aliphatic rings. The van der Waals surface area contributed by atoms with E-state index in [2.05, 4.69) is 10.1 Å². The molecule has 3 aromatic rings. The summed E-state index contributed by atoms with van der Waals surface area (Å²) >= 11 is 0. The second-order valence-corrected chi connectivity index (χ2v) is 6.72. The van der Waals surface area contributed by atoms with Crippen LogP contribution < -0.4 is 5.32 Å². The molecule has 0 spiro atoms. The standard InChI is InChI=1S/C22H16N2O8/c1-30-21(28)18-9-7-15(32-18)11-24-19(25)16(23-22(24)29)10-14-6-8-17(31-14)12-2-4-13(5-3-12)20(26)27/h2-10H,11H2,1H3,(H,23,29)(H,26,27). The smallest absolute Gasteiger partial charge is 0.373 e. The van der Waals surface area contributed by atoms with Crippen LogP contribution in [0.4, 0.5) is 4.79 Å². The molecule has 1 fully saturated rings. The molecule has 10 heteroatoms. The maximum atomic E-state index is 12.6. The summed E-state index contributed by atoms with van der Waals surface area (Å²) in [5, 5.41) is 11.5. The van der Waals surface area contributed by atoms with Crippen molar-refractivity contribution < 1.29 is 37.9 Å². The lowest BCUT2D eigenvalue weighted by atomic mass is 10.1. The van der Waals surface area contributed by atoms with Gasteiger partial charge in [0.25, 0.3) is 5.91 Å². The number of carbonyl (C=O) groups is 4. The first-order valence-electron chi connectivity index (χ1n) is 9.31. The largest absolute Gasteiger partial charge is 0.478 e. The van der Waals surface area contributed by atoms with Gasteiger partial charge in [0.2, 0.25) is 5.76 Å². The molecule has 3 heterocycles. The number of ether oxygens (including phenoxy) is 1. The molecule has 0 radical (unpaired) electrons. The number of imide groups is 1. The third-order valence-corrected chi connectivity index (χ3v) is 4.65. The Hall–Kier alpha value is -4.60. The molecule has 2 N–H and O–H groups in total. The average molecular weight is 436 g/mol. The average Bonchev–Trinajstić information content (AvgIpc) is 3.50. The minimum Gasteiger partial charge on any atom is -0.478 e. The van der Waals surface area contributed by atoms with Crippen LogP contribution in [0, 0.1) is 0 Å². The first kappa shape index (κ1) is 20.7. The van der Waals surface area contributed by atoms with E-state index in [0.29, 0.717) is 17.1 Å². The number of rotatable bonds is 6. The Bertz CT molecular complexity index is 1250. The molecule has 1 aromatic carbocycles. The van der Waals surface area contributed by atoms with Gasteiger partial charge in [-0.15, -0.1) is 0 Å². The van der Waals surface area contributed by atoms with E-state index in [1.807, 2.05) is 0 Å². The second-order valence-electron chi connectivity index (χ2n) is 6.72. The van der Waals surface area contributed by atoms with Gasteiger partial charge in [0.05, 0.1) is 19.2 Å². The van der Waals surface area contributed by atoms with Gasteiger partial charge in [0.1, 0.15) is 23.0 Å². The molecule has 10 nitrogen and oxygen atoms in total. The van der Waals surface area contributed by atoms with E-state index in [1.165, 1.54) is 37.5 Å². The zero-order valence-corrected chi connectivity index (χ0v) is 16.7. The first-order chi connectivity index (χ1) is 15.4. The fourth-order valence-electron chi connectivity index (χ4n) is 3.05. The van der Waals surface area contributed by atoms with Crippen LogP contribution in [0.15, 0.2) is 63.1 Å². The number of methoxy groups -OCH3 is 1. The van der Waals surface area contributed by atoms with E-state index in [-0.39, 0.29) is 29.3 Å². The molecule has 32 heavy (non-hydrogen) atoms. The fourth-order valence-corrected chi connectivity index (χ4v) is 3.05. The van der Waals surface area contributed by atoms with Crippen molar-refractivity contribution in [2.75, 3.05) is 7.11 Å². The number of hydrogen-bond acceptors (Lipinski definition) is 7. The molecule has 0 aliphatic carbocycles. The number of urea groups is 1. The Morgan fingerprint density at radius 1 is 1.06 bits per heavy atom. The Labute approximate surface area is 180 Å². The van der Waals surface area contributed by atoms with Crippen molar-refractivity contribution in [2.45, 2.75) is 6.54 Å². The maximum Gasteiger partial charge on any atom is 0.373 e. The Balaban J connectivity index is 1.49. The third kappa shape index (κ3) is 4.01. The van der Waals surface area contributed by atoms with Crippen molar-refractivity contribution in [1.29, 1.82) is 0 Å². The molecule has 1 aliphatic heterocycles. The van der Waals surface area contributed by atoms with E-state index in [1.54, 1.807) is 24.3 Å². The van der Waals surface area contributed by atoms with E-state index >= 15 is 0 Å². The number of carbonyl (C=O) groups excluding carboxylic acids is 3. The summed E-state index contributed by atoms with van der Waals surface area (Å²) in [5.41, 5.74) is 0.816. The number of carboxylic acid groups (broad SMARTS) is 1. The lowest BCUT2D eigenvalue weighted by Gasteiger charge is -2.09. The number of benzene rings is 1. The van der Waals surface area contributed by atoms with Crippen LogP contribution in [-0.2, 0) is 16.1 Å². The molecular formula is C22H16N2O8. The van der Waals surface area contributed by atoms with Crippen LogP contribution in [0.2, 0.25) is 0 Å². The van der Waals surface area contributed by atoms with E-state index < -0.39 is 23.9 Å². The predicted octanol–water partition coefficient (Wildman–Crippen LogP) is 3.12. The van der Waals surface area contributed by atoms with Gasteiger partial charge in [-0.25, -0.2) is 14.4 Å². The Kier molecular flexibility index (Phi) is 5.34. The summed E-state index contributed by atoms with van der Waals surface area (Å²) in [7, 11) is 1.21. The molecule has 3 amide bonds. The van der Waals surface area contributed by atoms with Crippen molar-refractivity contribution in [3.05, 3.63) is 77.1 Å². The Morgan fingerprint density at radius 2 is 1.81 bits per heavy atom. The van der Waals surface area contributed by atoms with Crippen LogP contribution in [0.5, 0.6) is 0 Å². The number of nitrogens with zero attached hydrogens (tertiary/aromatic N) is 1. The van der Waals surface area contributed by atoms with Gasteiger partial charge in [-0.3, -0.25) is 9.69 Å². The van der Waals surface area contributed by atoms with Crippen LogP contribution in [0.1, 0.15) is 32.4 Å². The molecule has 4 rings (SSSR count). The van der Waals surface area contributed by atoms with Crippen LogP contribution >= 0.6 is 0 Å². The van der Waals surface area contributed by atoms with Gasteiger partial charge in [-0.2, -0.15) is 0 Å². The van der Waals surface area contributed by atoms with Gasteiger partial charge >= 0.3 is 18.0 Å². The van der Waals surface area contributed by atoms with E-state index in [0.717, 1.165) is 4.90 Å². The summed E-state index contributed by atoms with van der Waals surface area (Å²) < 4.78 is 15.6. The minimum atomic E-state index is -1.03. The zero-order valence-electron chi connectivity index (χ0n) is 16.7. The van der Waals surface area contributed by atoms with Gasteiger partial charge < -0.3 is 24.0 Å². The summed E-state index contributed by atoms with van der Waals surface area (Å²) in [6.45, 7) is -0.168. The lowest BCUT2D eigenvalue weighted by Crippen LogP contribution is -2.30. The highest BCUT2D eigenvalue weighted by molar-refractivity contribution is 6.13. The third-order valence-electron chi connectivity index (χ3n) is 4.65. The molecule has 0 atom stereocenters. The monoisotopic (exact) mass is 436 g/mol. The molecule has 162 valence electrons. The van der Waals surface area contributed by atoms with Crippen molar-refractivity contribution in [1.82, 2.24) is 10.2 Å². The molecule has 2 aromatic heterocycles. The van der Waals surface area contributed by atoms with Gasteiger partial charge in [-0.1, -0.05) is 12.1 Å². The van der Waals surface area contributed by atoms with Crippen LogP contribution in [0.3, 0.4) is 0 Å². The number of furan rings is 2. The first-order valence-corrected chi connectivity index (χ1v) is 9.31. The summed E-state index contributed by atoms with van der Waals surface area (Å²) in [4.78, 5) is 48.3. The van der Waals surface area contributed by atoms with Crippen LogP contribution in [-0.4, -0.2) is 41.0 Å². The highest BCUT2D eigenvalue weighted by atomic mass is 16.5. The van der Waals surface area contributed by atoms with Crippen molar-refractivity contribution in [3.8, 4) is 11.3 Å². The Morgan fingerprint density at radius 3 is 2.50 bits per heavy atom. The number of nitrogens with one attached hydrogen (secondary N) is 1. The molecule has 0 bridgehead atoms. The summed E-state index contributed by atoms with van der Waals surface area (Å²) in [5.74, 6) is -1.30. The predicted molar refractivity (Wildman–Crippen MR) is 108 cm³/mol. The van der Waals surface area contributed by atoms with Crippen LogP contribution in [0.25, 0.3) is 17.4 Å². The number of amides is 3. The zero-order chi connectivity index (χ0) is 22.8. The number of esters is 1. The molecule has 0 unspecified atom stereocenters. The van der Waals surface area contributed by atoms with Crippen molar-refractivity contribution in [2.24, 2.45) is 0 Å². The highest BCUT2D eigenvalue weighted by Crippen LogP contribution is 2.25. The van der Waals surface area contributed by atoms with Gasteiger partial charge in [0, 0.05) is 11.6 Å². The number of aromatic carboxylic acids is 1. The summed E-state index contributed by atoms with van der Waals surface area (Å²) in [6.07, 6.45) is 1.39. The quantitative estimate of drug-likeness (QED) is 0.341. The van der Waals surface area contributed by atoms with E-state index in [9.17, 15) is 19.2 Å². The van der Waals surface area contributed by atoms with E-state index in [4.69, 9.17) is 13.9 Å². The molecular weight excluding hydrogens is 420 g/mol. The van der Waals surface area contributed by atoms with Gasteiger partial charge in [-0.05, 0) is 36.4 Å². The maximum absolute atomic E-state index is 12.6. The number of carboxylic acids is 1. The normalized spacial score (nSPS) is 14.7. The minimum absolute atomic E-state index is 0.0110. The van der Waals surface area contributed by atoms with Gasteiger partial charge in [0.15, 0.2) is 0 Å². The second kappa shape index (κ2) is 8.26. The molecule has 1 saturated heterocycles. The topological polar surface area (TPSA) is 139 Å². The highest BCUT2D eigenvalue weighted by Gasteiger charge is 2.34. The molecule has 0 saturated carbocycles. The SMILES string of the molecule is COC(=O)c1ccc(CN2C(=O)NC(=Cc3ccc(-c4ccc(C(=O)O)cc4)o3)C2=O)o1. The van der Waals surface area contributed by atoms with Crippen molar-refractivity contribution in [3.63, 3.8) is 0 Å². The fraction of sp³-hybridized carbons (Fsp3) is 0.0909.